The SMILES string of the molecule is Cc1c(Cl)cccc1C(=O)Nc1nnc(C2CCCN2)o1. The minimum absolute atomic E-state index is 0.0797. The van der Waals surface area contributed by atoms with Crippen molar-refractivity contribution in [2.24, 2.45) is 0 Å². The fraction of sp³-hybridized carbons (Fsp3) is 0.357. The van der Waals surface area contributed by atoms with Crippen molar-refractivity contribution >= 4 is 23.5 Å². The topological polar surface area (TPSA) is 80.0 Å². The van der Waals surface area contributed by atoms with Crippen LogP contribution in [-0.4, -0.2) is 22.6 Å². The summed E-state index contributed by atoms with van der Waals surface area (Å²) in [6.07, 6.45) is 2.04. The van der Waals surface area contributed by atoms with E-state index in [2.05, 4.69) is 20.8 Å². The molecular formula is C14H15ClN4O2. The van der Waals surface area contributed by atoms with Crippen LogP contribution in [0.5, 0.6) is 0 Å². The van der Waals surface area contributed by atoms with Gasteiger partial charge in [0.25, 0.3) is 5.91 Å². The van der Waals surface area contributed by atoms with Gasteiger partial charge in [-0.3, -0.25) is 10.1 Å². The van der Waals surface area contributed by atoms with E-state index in [9.17, 15) is 4.79 Å². The van der Waals surface area contributed by atoms with Gasteiger partial charge in [-0.25, -0.2) is 0 Å². The first-order chi connectivity index (χ1) is 10.1. The number of aromatic nitrogens is 2. The van der Waals surface area contributed by atoms with Crippen molar-refractivity contribution in [1.29, 1.82) is 0 Å². The predicted octanol–water partition coefficient (Wildman–Crippen LogP) is 2.71. The number of rotatable bonds is 3. The first-order valence-corrected chi connectivity index (χ1v) is 7.16. The molecule has 6 nitrogen and oxygen atoms in total. The van der Waals surface area contributed by atoms with Gasteiger partial charge in [0.1, 0.15) is 0 Å². The molecule has 1 unspecified atom stereocenters. The summed E-state index contributed by atoms with van der Waals surface area (Å²) in [5, 5.41) is 14.2. The zero-order valence-corrected chi connectivity index (χ0v) is 12.3. The maximum absolute atomic E-state index is 12.2. The molecule has 2 N–H and O–H groups in total. The molecule has 0 aliphatic carbocycles. The lowest BCUT2D eigenvalue weighted by atomic mass is 10.1. The van der Waals surface area contributed by atoms with Crippen molar-refractivity contribution < 1.29 is 9.21 Å². The Morgan fingerprint density at radius 1 is 1.48 bits per heavy atom. The maximum atomic E-state index is 12.2. The number of nitrogens with zero attached hydrogens (tertiary/aromatic N) is 2. The summed E-state index contributed by atoms with van der Waals surface area (Å²) in [5.74, 6) is 0.190. The number of hydrogen-bond acceptors (Lipinski definition) is 5. The lowest BCUT2D eigenvalue weighted by Gasteiger charge is -2.06. The van der Waals surface area contributed by atoms with Gasteiger partial charge >= 0.3 is 6.01 Å². The maximum Gasteiger partial charge on any atom is 0.322 e. The molecule has 1 atom stereocenters. The quantitative estimate of drug-likeness (QED) is 0.911. The van der Waals surface area contributed by atoms with Gasteiger partial charge in [-0.2, -0.15) is 0 Å². The van der Waals surface area contributed by atoms with Gasteiger partial charge in [-0.15, -0.1) is 5.10 Å². The minimum atomic E-state index is -0.315. The summed E-state index contributed by atoms with van der Waals surface area (Å²) < 4.78 is 5.48. The van der Waals surface area contributed by atoms with Crippen LogP contribution >= 0.6 is 11.6 Å². The van der Waals surface area contributed by atoms with E-state index in [0.29, 0.717) is 22.0 Å². The monoisotopic (exact) mass is 306 g/mol. The summed E-state index contributed by atoms with van der Waals surface area (Å²) >= 11 is 6.01. The standard InChI is InChI=1S/C14H15ClN4O2/c1-8-9(4-2-5-10(8)15)12(20)17-14-19-18-13(21-14)11-6-3-7-16-11/h2,4-5,11,16H,3,6-7H2,1H3,(H,17,19,20). The van der Waals surface area contributed by atoms with E-state index >= 15 is 0 Å². The van der Waals surface area contributed by atoms with Gasteiger partial charge in [0.2, 0.25) is 5.89 Å². The molecule has 2 aromatic rings. The number of anilines is 1. The van der Waals surface area contributed by atoms with E-state index in [1.54, 1.807) is 25.1 Å². The lowest BCUT2D eigenvalue weighted by molar-refractivity contribution is 0.102. The summed E-state index contributed by atoms with van der Waals surface area (Å²) in [4.78, 5) is 12.2. The van der Waals surface area contributed by atoms with Crippen molar-refractivity contribution in [3.63, 3.8) is 0 Å². The van der Waals surface area contributed by atoms with Crippen LogP contribution in [0.1, 0.15) is 40.7 Å². The molecule has 0 bridgehead atoms. The molecule has 3 rings (SSSR count). The number of benzene rings is 1. The molecule has 7 heteroatoms. The second-order valence-corrected chi connectivity index (χ2v) is 5.37. The van der Waals surface area contributed by atoms with E-state index in [4.69, 9.17) is 16.0 Å². The number of carbonyl (C=O) groups excluding carboxylic acids is 1. The van der Waals surface area contributed by atoms with E-state index in [-0.39, 0.29) is 18.0 Å². The van der Waals surface area contributed by atoms with Crippen LogP contribution in [0, 0.1) is 6.92 Å². The van der Waals surface area contributed by atoms with Gasteiger partial charge in [0, 0.05) is 10.6 Å². The average Bonchev–Trinajstić information content (AvgIpc) is 3.12. The van der Waals surface area contributed by atoms with Crippen molar-refractivity contribution in [3.05, 3.63) is 40.2 Å². The molecule has 0 radical (unpaired) electrons. The van der Waals surface area contributed by atoms with Gasteiger partial charge in [0.05, 0.1) is 6.04 Å². The Hall–Kier alpha value is -1.92. The normalized spacial score (nSPS) is 17.9. The van der Waals surface area contributed by atoms with Gasteiger partial charge < -0.3 is 9.73 Å². The highest BCUT2D eigenvalue weighted by Gasteiger charge is 2.23. The van der Waals surface area contributed by atoms with Gasteiger partial charge in [-0.1, -0.05) is 22.8 Å². The number of carbonyl (C=O) groups is 1. The van der Waals surface area contributed by atoms with Gasteiger partial charge in [0.15, 0.2) is 0 Å². The minimum Gasteiger partial charge on any atom is -0.406 e. The largest absolute Gasteiger partial charge is 0.406 e. The summed E-state index contributed by atoms with van der Waals surface area (Å²) in [6, 6.07) is 5.35. The average molecular weight is 307 g/mol. The van der Waals surface area contributed by atoms with E-state index in [1.165, 1.54) is 0 Å². The number of hydrogen-bond donors (Lipinski definition) is 2. The van der Waals surface area contributed by atoms with Crippen LogP contribution in [0.3, 0.4) is 0 Å². The van der Waals surface area contributed by atoms with Crippen LogP contribution in [0.25, 0.3) is 0 Å². The van der Waals surface area contributed by atoms with Crippen molar-refractivity contribution in [2.75, 3.05) is 11.9 Å². The molecule has 2 heterocycles. The Bertz CT molecular complexity index is 665. The highest BCUT2D eigenvalue weighted by atomic mass is 35.5. The molecule has 1 aromatic carbocycles. The lowest BCUT2D eigenvalue weighted by Crippen LogP contribution is -2.14. The molecule has 1 fully saturated rings. The molecule has 1 saturated heterocycles. The number of amides is 1. The first kappa shape index (κ1) is 14.0. The third-order valence-electron chi connectivity index (χ3n) is 3.53. The molecule has 1 aromatic heterocycles. The Balaban J connectivity index is 1.74. The fourth-order valence-electron chi connectivity index (χ4n) is 2.34. The Labute approximate surface area is 126 Å². The Kier molecular flexibility index (Phi) is 3.90. The van der Waals surface area contributed by atoms with E-state index < -0.39 is 0 Å². The molecular weight excluding hydrogens is 292 g/mol. The van der Waals surface area contributed by atoms with Crippen molar-refractivity contribution in [3.8, 4) is 0 Å². The number of nitrogens with one attached hydrogen (secondary N) is 2. The van der Waals surface area contributed by atoms with Gasteiger partial charge in [-0.05, 0) is 44.0 Å². The molecule has 110 valence electrons. The third-order valence-corrected chi connectivity index (χ3v) is 3.94. The smallest absolute Gasteiger partial charge is 0.322 e. The van der Waals surface area contributed by atoms with Crippen LogP contribution in [0.15, 0.2) is 22.6 Å². The van der Waals surface area contributed by atoms with E-state index in [1.807, 2.05) is 0 Å². The summed E-state index contributed by atoms with van der Waals surface area (Å²) in [6.45, 7) is 2.73. The highest BCUT2D eigenvalue weighted by Crippen LogP contribution is 2.24. The van der Waals surface area contributed by atoms with Crippen LogP contribution in [0.2, 0.25) is 5.02 Å². The second-order valence-electron chi connectivity index (χ2n) is 4.96. The fourth-order valence-corrected chi connectivity index (χ4v) is 2.51. The highest BCUT2D eigenvalue weighted by molar-refractivity contribution is 6.32. The first-order valence-electron chi connectivity index (χ1n) is 6.78. The molecule has 0 spiro atoms. The van der Waals surface area contributed by atoms with Crippen LogP contribution < -0.4 is 10.6 Å². The van der Waals surface area contributed by atoms with Crippen molar-refractivity contribution in [2.45, 2.75) is 25.8 Å². The van der Waals surface area contributed by atoms with Crippen molar-refractivity contribution in [1.82, 2.24) is 15.5 Å². The van der Waals surface area contributed by atoms with Crippen LogP contribution in [0.4, 0.5) is 6.01 Å². The Morgan fingerprint density at radius 2 is 2.33 bits per heavy atom. The number of halogens is 1. The van der Waals surface area contributed by atoms with E-state index in [0.717, 1.165) is 19.4 Å². The molecule has 21 heavy (non-hydrogen) atoms. The molecule has 1 amide bonds. The predicted molar refractivity (Wildman–Crippen MR) is 78.4 cm³/mol. The molecule has 1 aliphatic rings. The molecule has 1 aliphatic heterocycles. The second kappa shape index (κ2) is 5.83. The zero-order chi connectivity index (χ0) is 14.8. The summed E-state index contributed by atoms with van der Waals surface area (Å²) in [7, 11) is 0. The summed E-state index contributed by atoms with van der Waals surface area (Å²) in [5.41, 5.74) is 1.20. The zero-order valence-electron chi connectivity index (χ0n) is 11.5. The Morgan fingerprint density at radius 3 is 3.10 bits per heavy atom. The third kappa shape index (κ3) is 2.91. The van der Waals surface area contributed by atoms with Crippen LogP contribution in [-0.2, 0) is 0 Å². The molecule has 0 saturated carbocycles.